The third-order valence-electron chi connectivity index (χ3n) is 1.82. The Hall–Kier alpha value is -2.18. The largest absolute Gasteiger partial charge is 0.462 e. The molecule has 0 unspecified atom stereocenters. The van der Waals surface area contributed by atoms with Gasteiger partial charge in [-0.25, -0.2) is 4.79 Å². The number of nitro groups is 1. The van der Waals surface area contributed by atoms with Gasteiger partial charge in [-0.1, -0.05) is 0 Å². The van der Waals surface area contributed by atoms with Crippen LogP contribution in [0.15, 0.2) is 12.1 Å². The maximum atomic E-state index is 13.3. The zero-order valence-electron chi connectivity index (χ0n) is 8.40. The number of hydrogen-bond acceptors (Lipinski definition) is 5. The lowest BCUT2D eigenvalue weighted by Crippen LogP contribution is -2.10. The fraction of sp³-hybridized carbons (Fsp3) is 0.222. The van der Waals surface area contributed by atoms with Gasteiger partial charge in [0.15, 0.2) is 0 Å². The summed E-state index contributed by atoms with van der Waals surface area (Å²) in [6.45, 7) is 1.58. The van der Waals surface area contributed by atoms with Gasteiger partial charge in [-0.05, 0) is 19.1 Å². The highest BCUT2D eigenvalue weighted by molar-refractivity contribution is 5.94. The number of nitrogen functional groups attached to an aromatic ring is 1. The van der Waals surface area contributed by atoms with E-state index in [4.69, 9.17) is 5.73 Å². The van der Waals surface area contributed by atoms with Crippen LogP contribution in [-0.4, -0.2) is 17.5 Å². The minimum Gasteiger partial charge on any atom is -0.462 e. The standard InChI is InChI=1S/C9H9FN2O4/c1-2-16-9(13)5-3-4-6(11)7(10)8(5)12(14)15/h3-4H,2,11H2,1H3. The third kappa shape index (κ3) is 2.08. The van der Waals surface area contributed by atoms with E-state index in [9.17, 15) is 19.3 Å². The predicted molar refractivity (Wildman–Crippen MR) is 53.4 cm³/mol. The van der Waals surface area contributed by atoms with Crippen LogP contribution in [0, 0.1) is 15.9 Å². The summed E-state index contributed by atoms with van der Waals surface area (Å²) in [6, 6.07) is 2.14. The molecule has 0 aliphatic carbocycles. The van der Waals surface area contributed by atoms with E-state index in [1.165, 1.54) is 6.92 Å². The second-order valence-electron chi connectivity index (χ2n) is 2.84. The van der Waals surface area contributed by atoms with Gasteiger partial charge in [-0.15, -0.1) is 0 Å². The SMILES string of the molecule is CCOC(=O)c1ccc(N)c(F)c1[N+](=O)[O-]. The number of nitrogens with two attached hydrogens (primary N) is 1. The van der Waals surface area contributed by atoms with E-state index < -0.39 is 28.0 Å². The van der Waals surface area contributed by atoms with Gasteiger partial charge in [0.1, 0.15) is 5.56 Å². The van der Waals surface area contributed by atoms with Crippen molar-refractivity contribution < 1.29 is 18.8 Å². The molecule has 0 saturated heterocycles. The van der Waals surface area contributed by atoms with Gasteiger partial charge in [0, 0.05) is 0 Å². The summed E-state index contributed by atoms with van der Waals surface area (Å²) in [4.78, 5) is 20.9. The van der Waals surface area contributed by atoms with Gasteiger partial charge >= 0.3 is 11.7 Å². The Morgan fingerprint density at radius 2 is 2.25 bits per heavy atom. The molecule has 0 amide bonds. The zero-order valence-corrected chi connectivity index (χ0v) is 8.40. The lowest BCUT2D eigenvalue weighted by molar-refractivity contribution is -0.387. The van der Waals surface area contributed by atoms with Crippen molar-refractivity contribution in [3.05, 3.63) is 33.6 Å². The third-order valence-corrected chi connectivity index (χ3v) is 1.82. The molecule has 6 nitrogen and oxygen atoms in total. The quantitative estimate of drug-likeness (QED) is 0.366. The predicted octanol–water partition coefficient (Wildman–Crippen LogP) is 1.49. The van der Waals surface area contributed by atoms with Crippen LogP contribution in [0.4, 0.5) is 15.8 Å². The van der Waals surface area contributed by atoms with Gasteiger partial charge in [0.05, 0.1) is 17.2 Å². The molecule has 0 heterocycles. The average Bonchev–Trinajstić information content (AvgIpc) is 2.21. The zero-order chi connectivity index (χ0) is 12.3. The van der Waals surface area contributed by atoms with Crippen LogP contribution in [0.2, 0.25) is 0 Å². The number of hydrogen-bond donors (Lipinski definition) is 1. The van der Waals surface area contributed by atoms with Gasteiger partial charge in [-0.2, -0.15) is 4.39 Å². The maximum Gasteiger partial charge on any atom is 0.345 e. The highest BCUT2D eigenvalue weighted by atomic mass is 19.1. The van der Waals surface area contributed by atoms with E-state index in [0.29, 0.717) is 0 Å². The summed E-state index contributed by atoms with van der Waals surface area (Å²) in [5, 5.41) is 10.6. The molecule has 0 spiro atoms. The first-order valence-electron chi connectivity index (χ1n) is 4.38. The second kappa shape index (κ2) is 4.56. The van der Waals surface area contributed by atoms with Crippen molar-refractivity contribution in [3.8, 4) is 0 Å². The molecule has 0 bridgehead atoms. The van der Waals surface area contributed by atoms with Crippen molar-refractivity contribution in [2.75, 3.05) is 12.3 Å². The number of rotatable bonds is 3. The normalized spacial score (nSPS) is 9.88. The summed E-state index contributed by atoms with van der Waals surface area (Å²) in [7, 11) is 0. The Balaban J connectivity index is 3.34. The van der Waals surface area contributed by atoms with Crippen molar-refractivity contribution in [3.63, 3.8) is 0 Å². The van der Waals surface area contributed by atoms with Crippen LogP contribution >= 0.6 is 0 Å². The Morgan fingerprint density at radius 1 is 1.62 bits per heavy atom. The van der Waals surface area contributed by atoms with Crippen molar-refractivity contribution in [2.45, 2.75) is 6.92 Å². The first-order valence-corrected chi connectivity index (χ1v) is 4.38. The van der Waals surface area contributed by atoms with Crippen molar-refractivity contribution >= 4 is 17.3 Å². The first kappa shape index (κ1) is 11.9. The minimum atomic E-state index is -1.23. The molecule has 2 N–H and O–H groups in total. The molecular formula is C9H9FN2O4. The fourth-order valence-corrected chi connectivity index (χ4v) is 1.13. The number of ether oxygens (including phenoxy) is 1. The Morgan fingerprint density at radius 3 is 2.75 bits per heavy atom. The monoisotopic (exact) mass is 228 g/mol. The van der Waals surface area contributed by atoms with Crippen LogP contribution in [-0.2, 0) is 4.74 Å². The topological polar surface area (TPSA) is 95.5 Å². The van der Waals surface area contributed by atoms with Crippen LogP contribution in [0.5, 0.6) is 0 Å². The van der Waals surface area contributed by atoms with E-state index in [-0.39, 0.29) is 12.3 Å². The molecular weight excluding hydrogens is 219 g/mol. The Bertz CT molecular complexity index is 447. The number of nitrogens with zero attached hydrogens (tertiary/aromatic N) is 1. The van der Waals surface area contributed by atoms with E-state index in [2.05, 4.69) is 4.74 Å². The number of carbonyl (C=O) groups is 1. The molecule has 86 valence electrons. The molecule has 0 fully saturated rings. The second-order valence-corrected chi connectivity index (χ2v) is 2.84. The molecule has 0 aliphatic rings. The highest BCUT2D eigenvalue weighted by Gasteiger charge is 2.27. The number of halogens is 1. The fourth-order valence-electron chi connectivity index (χ4n) is 1.13. The molecule has 0 aromatic heterocycles. The summed E-state index contributed by atoms with van der Waals surface area (Å²) in [6.07, 6.45) is 0. The number of nitro benzene ring substituents is 1. The molecule has 1 aromatic rings. The van der Waals surface area contributed by atoms with Gasteiger partial charge in [-0.3, -0.25) is 10.1 Å². The smallest absolute Gasteiger partial charge is 0.345 e. The summed E-state index contributed by atoms with van der Waals surface area (Å²) >= 11 is 0. The lowest BCUT2D eigenvalue weighted by Gasteiger charge is -2.04. The van der Waals surface area contributed by atoms with Gasteiger partial charge in [0.25, 0.3) is 0 Å². The average molecular weight is 228 g/mol. The summed E-state index contributed by atoms with van der Waals surface area (Å²) in [5.41, 5.74) is 3.38. The Kier molecular flexibility index (Phi) is 3.39. The van der Waals surface area contributed by atoms with E-state index >= 15 is 0 Å². The first-order chi connectivity index (χ1) is 7.49. The van der Waals surface area contributed by atoms with Crippen LogP contribution in [0.3, 0.4) is 0 Å². The molecule has 0 atom stereocenters. The van der Waals surface area contributed by atoms with Crippen LogP contribution in [0.1, 0.15) is 17.3 Å². The van der Waals surface area contributed by atoms with Crippen molar-refractivity contribution in [1.29, 1.82) is 0 Å². The number of anilines is 1. The maximum absolute atomic E-state index is 13.3. The molecule has 1 aromatic carbocycles. The van der Waals surface area contributed by atoms with E-state index in [1.807, 2.05) is 0 Å². The molecule has 0 radical (unpaired) electrons. The number of benzene rings is 1. The van der Waals surface area contributed by atoms with Gasteiger partial charge in [0.2, 0.25) is 5.82 Å². The number of esters is 1. The minimum absolute atomic E-state index is 0.0436. The van der Waals surface area contributed by atoms with Crippen LogP contribution < -0.4 is 5.73 Å². The summed E-state index contributed by atoms with van der Waals surface area (Å²) in [5.74, 6) is -2.18. The highest BCUT2D eigenvalue weighted by Crippen LogP contribution is 2.27. The molecule has 16 heavy (non-hydrogen) atoms. The molecule has 7 heteroatoms. The lowest BCUT2D eigenvalue weighted by atomic mass is 10.1. The number of carbonyl (C=O) groups excluding carboxylic acids is 1. The molecule has 1 rings (SSSR count). The molecule has 0 saturated carbocycles. The van der Waals surface area contributed by atoms with Gasteiger partial charge < -0.3 is 10.5 Å². The van der Waals surface area contributed by atoms with Crippen molar-refractivity contribution in [1.82, 2.24) is 0 Å². The van der Waals surface area contributed by atoms with Crippen molar-refractivity contribution in [2.24, 2.45) is 0 Å². The summed E-state index contributed by atoms with van der Waals surface area (Å²) < 4.78 is 17.9. The molecule has 0 aliphatic heterocycles. The Labute approximate surface area is 90.0 Å². The van der Waals surface area contributed by atoms with E-state index in [1.54, 1.807) is 0 Å². The van der Waals surface area contributed by atoms with Crippen LogP contribution in [0.25, 0.3) is 0 Å². The van der Waals surface area contributed by atoms with E-state index in [0.717, 1.165) is 12.1 Å².